The van der Waals surface area contributed by atoms with Crippen LogP contribution in [0.25, 0.3) is 10.9 Å². The highest BCUT2D eigenvalue weighted by Gasteiger charge is 2.46. The van der Waals surface area contributed by atoms with Gasteiger partial charge >= 0.3 is 0 Å². The van der Waals surface area contributed by atoms with E-state index in [0.717, 1.165) is 0 Å². The summed E-state index contributed by atoms with van der Waals surface area (Å²) in [7, 11) is 0. The van der Waals surface area contributed by atoms with E-state index in [4.69, 9.17) is 6.42 Å². The van der Waals surface area contributed by atoms with E-state index in [9.17, 15) is 18.8 Å². The van der Waals surface area contributed by atoms with E-state index in [-0.39, 0.29) is 11.1 Å². The molecule has 2 aromatic heterocycles. The van der Waals surface area contributed by atoms with Crippen molar-refractivity contribution in [2.45, 2.75) is 44.7 Å². The summed E-state index contributed by atoms with van der Waals surface area (Å²) in [5, 5.41) is 13.2. The van der Waals surface area contributed by atoms with Gasteiger partial charge in [-0.2, -0.15) is 5.26 Å². The number of nitrogens with one attached hydrogen (secondary N) is 1. The lowest BCUT2D eigenvalue weighted by molar-refractivity contribution is 0.150. The number of halogens is 2. The van der Waals surface area contributed by atoms with Gasteiger partial charge in [-0.25, -0.2) is 18.7 Å². The minimum Gasteiger partial charge on any atom is -0.352 e. The van der Waals surface area contributed by atoms with Crippen molar-refractivity contribution in [3.63, 3.8) is 0 Å². The van der Waals surface area contributed by atoms with Crippen molar-refractivity contribution in [3.8, 4) is 18.4 Å². The topological polar surface area (TPSA) is 83.6 Å². The highest BCUT2D eigenvalue weighted by atomic mass is 19.3. The van der Waals surface area contributed by atoms with E-state index in [1.807, 2.05) is 0 Å². The minimum atomic E-state index is -2.62. The molecule has 1 aliphatic carbocycles. The summed E-state index contributed by atoms with van der Waals surface area (Å²) in [5.74, 6) is 3.39. The standard InChI is InChI=1S/C23H19F2N5O/c1-4-18(15-6-5-7-16(13(15)2)21(24)25)29-22-17-11-30(23(12-26)8-9-23)20(31)10-19(17)27-14(3)28-22/h1,5-7,10-11,18,21H,8-9H2,2-3H3,(H,27,28,29)/t18-/m1/s1. The number of aryl methyl sites for hydroxylation is 1. The zero-order valence-corrected chi connectivity index (χ0v) is 17.0. The Morgan fingerprint density at radius 3 is 2.58 bits per heavy atom. The second kappa shape index (κ2) is 7.48. The van der Waals surface area contributed by atoms with Gasteiger partial charge in [0.15, 0.2) is 0 Å². The first-order valence-electron chi connectivity index (χ1n) is 9.72. The van der Waals surface area contributed by atoms with Gasteiger partial charge in [0, 0.05) is 17.8 Å². The Bertz CT molecular complexity index is 1330. The normalized spacial score (nSPS) is 15.3. The third-order valence-electron chi connectivity index (χ3n) is 5.65. The molecule has 1 N–H and O–H groups in total. The van der Waals surface area contributed by atoms with Crippen molar-refractivity contribution >= 4 is 16.7 Å². The lowest BCUT2D eigenvalue weighted by Crippen LogP contribution is -2.28. The molecule has 1 atom stereocenters. The Morgan fingerprint density at radius 2 is 1.97 bits per heavy atom. The zero-order valence-electron chi connectivity index (χ0n) is 17.0. The molecule has 0 spiro atoms. The summed E-state index contributed by atoms with van der Waals surface area (Å²) in [6, 6.07) is 7.46. The first-order chi connectivity index (χ1) is 14.8. The molecule has 156 valence electrons. The van der Waals surface area contributed by atoms with Gasteiger partial charge in [-0.3, -0.25) is 9.36 Å². The highest BCUT2D eigenvalue weighted by molar-refractivity contribution is 5.88. The molecule has 1 saturated carbocycles. The summed E-state index contributed by atoms with van der Waals surface area (Å²) in [6.07, 6.45) is 5.89. The van der Waals surface area contributed by atoms with Crippen LogP contribution in [0.4, 0.5) is 14.6 Å². The molecule has 1 aromatic carbocycles. The molecular formula is C23H19F2N5O. The number of hydrogen-bond acceptors (Lipinski definition) is 5. The number of benzene rings is 1. The molecule has 8 heteroatoms. The second-order valence-corrected chi connectivity index (χ2v) is 7.65. The third-order valence-corrected chi connectivity index (χ3v) is 5.65. The van der Waals surface area contributed by atoms with Crippen LogP contribution in [0.5, 0.6) is 0 Å². The van der Waals surface area contributed by atoms with E-state index < -0.39 is 18.0 Å². The van der Waals surface area contributed by atoms with Crippen LogP contribution in [0.3, 0.4) is 0 Å². The van der Waals surface area contributed by atoms with Crippen molar-refractivity contribution in [1.29, 1.82) is 5.26 Å². The summed E-state index contributed by atoms with van der Waals surface area (Å²) in [5.41, 5.74) is 0.112. The van der Waals surface area contributed by atoms with Gasteiger partial charge in [0.05, 0.1) is 17.0 Å². The average Bonchev–Trinajstić information content (AvgIpc) is 3.52. The van der Waals surface area contributed by atoms with E-state index >= 15 is 0 Å². The number of nitriles is 1. The molecule has 6 nitrogen and oxygen atoms in total. The number of anilines is 1. The monoisotopic (exact) mass is 419 g/mol. The van der Waals surface area contributed by atoms with Crippen molar-refractivity contribution < 1.29 is 8.78 Å². The van der Waals surface area contributed by atoms with E-state index in [0.29, 0.717) is 46.5 Å². The smallest absolute Gasteiger partial charge is 0.264 e. The van der Waals surface area contributed by atoms with Crippen molar-refractivity contribution in [1.82, 2.24) is 14.5 Å². The highest BCUT2D eigenvalue weighted by Crippen LogP contribution is 2.42. The predicted octanol–water partition coefficient (Wildman–Crippen LogP) is 4.15. The number of rotatable bonds is 5. The zero-order chi connectivity index (χ0) is 22.3. The summed E-state index contributed by atoms with van der Waals surface area (Å²) >= 11 is 0. The van der Waals surface area contributed by atoms with Gasteiger partial charge in [-0.1, -0.05) is 24.1 Å². The summed E-state index contributed by atoms with van der Waals surface area (Å²) in [4.78, 5) is 21.3. The summed E-state index contributed by atoms with van der Waals surface area (Å²) < 4.78 is 28.1. The van der Waals surface area contributed by atoms with Crippen molar-refractivity contribution in [2.75, 3.05) is 5.32 Å². The first-order valence-corrected chi connectivity index (χ1v) is 9.72. The molecule has 0 saturated heterocycles. The molecule has 0 radical (unpaired) electrons. The van der Waals surface area contributed by atoms with Gasteiger partial charge < -0.3 is 5.32 Å². The number of terminal acetylenes is 1. The lowest BCUT2D eigenvalue weighted by Gasteiger charge is -2.20. The molecule has 4 rings (SSSR count). The molecule has 0 unspecified atom stereocenters. The Morgan fingerprint density at radius 1 is 1.26 bits per heavy atom. The van der Waals surface area contributed by atoms with Crippen LogP contribution in [0, 0.1) is 37.5 Å². The average molecular weight is 419 g/mol. The number of hydrogen-bond donors (Lipinski definition) is 1. The van der Waals surface area contributed by atoms with Gasteiger partial charge in [0.25, 0.3) is 12.0 Å². The van der Waals surface area contributed by atoms with E-state index in [1.54, 1.807) is 32.2 Å². The SMILES string of the molecule is C#C[C@@H](Nc1nc(C)nc2cc(=O)n(C3(C#N)CC3)cc12)c1cccc(C(F)F)c1C. The minimum absolute atomic E-state index is 0.0817. The van der Waals surface area contributed by atoms with Crippen LogP contribution in [-0.4, -0.2) is 14.5 Å². The first kappa shape index (κ1) is 20.5. The maximum absolute atomic E-state index is 13.3. The Kier molecular flexibility index (Phi) is 4.94. The van der Waals surface area contributed by atoms with Crippen LogP contribution in [0.1, 0.15) is 47.8 Å². The van der Waals surface area contributed by atoms with Crippen molar-refractivity contribution in [3.05, 3.63) is 63.3 Å². The van der Waals surface area contributed by atoms with Crippen LogP contribution in [0.2, 0.25) is 0 Å². The molecule has 2 heterocycles. The quantitative estimate of drug-likeness (QED) is 0.629. The van der Waals surface area contributed by atoms with Gasteiger partial charge in [-0.15, -0.1) is 6.42 Å². The Balaban J connectivity index is 1.84. The molecule has 0 amide bonds. The largest absolute Gasteiger partial charge is 0.352 e. The number of aromatic nitrogens is 3. The fraction of sp³-hybridized carbons (Fsp3) is 0.304. The van der Waals surface area contributed by atoms with Gasteiger partial charge in [0.2, 0.25) is 0 Å². The number of alkyl halides is 2. The number of pyridine rings is 1. The molecule has 1 fully saturated rings. The Hall–Kier alpha value is -3.78. The van der Waals surface area contributed by atoms with Crippen LogP contribution >= 0.6 is 0 Å². The van der Waals surface area contributed by atoms with Crippen LogP contribution < -0.4 is 10.9 Å². The molecule has 31 heavy (non-hydrogen) atoms. The maximum Gasteiger partial charge on any atom is 0.264 e. The number of fused-ring (bicyclic) bond motifs is 1. The van der Waals surface area contributed by atoms with E-state index in [2.05, 4.69) is 27.3 Å². The van der Waals surface area contributed by atoms with Crippen LogP contribution in [0.15, 0.2) is 35.3 Å². The molecule has 3 aromatic rings. The van der Waals surface area contributed by atoms with Gasteiger partial charge in [-0.05, 0) is 37.8 Å². The summed E-state index contributed by atoms with van der Waals surface area (Å²) in [6.45, 7) is 3.29. The molecular weight excluding hydrogens is 400 g/mol. The molecule has 0 aliphatic heterocycles. The molecule has 0 bridgehead atoms. The van der Waals surface area contributed by atoms with Crippen molar-refractivity contribution in [2.24, 2.45) is 0 Å². The van der Waals surface area contributed by atoms with Gasteiger partial charge in [0.1, 0.15) is 23.2 Å². The Labute approximate surface area is 177 Å². The lowest BCUT2D eigenvalue weighted by atomic mass is 9.97. The predicted molar refractivity (Wildman–Crippen MR) is 113 cm³/mol. The number of nitrogens with zero attached hydrogens (tertiary/aromatic N) is 4. The third kappa shape index (κ3) is 3.51. The fourth-order valence-electron chi connectivity index (χ4n) is 3.76. The van der Waals surface area contributed by atoms with Crippen LogP contribution in [-0.2, 0) is 5.54 Å². The molecule has 1 aliphatic rings. The second-order valence-electron chi connectivity index (χ2n) is 7.65. The van der Waals surface area contributed by atoms with E-state index in [1.165, 1.54) is 16.7 Å². The maximum atomic E-state index is 13.3. The fourth-order valence-corrected chi connectivity index (χ4v) is 3.76.